The molecule has 0 aromatic carbocycles. The van der Waals surface area contributed by atoms with Gasteiger partial charge in [-0.1, -0.05) is 0 Å². The zero-order valence-corrected chi connectivity index (χ0v) is 5.96. The fraction of sp³-hybridized carbons (Fsp3) is 0.800. The van der Waals surface area contributed by atoms with Crippen molar-refractivity contribution < 1.29 is 14.4 Å². The maximum Gasteiger partial charge on any atom is 0.378 e. The molecular formula is C5H13N2O2+. The van der Waals surface area contributed by atoms with Crippen LogP contribution in [0.25, 0.3) is 0 Å². The van der Waals surface area contributed by atoms with Crippen LogP contribution in [-0.4, -0.2) is 42.9 Å². The Balaban J connectivity index is 4.04. The van der Waals surface area contributed by atoms with Crippen LogP contribution < -0.4 is 5.73 Å². The standard InChI is InChI=1S/C5H12N2O2/c1-7(2,3)4(6)5(8)9/h4H,6H2,1-3H3/p+1. The van der Waals surface area contributed by atoms with Crippen molar-refractivity contribution >= 4 is 5.97 Å². The average molecular weight is 133 g/mol. The Bertz CT molecular complexity index is 117. The van der Waals surface area contributed by atoms with Gasteiger partial charge in [-0.2, -0.15) is 0 Å². The summed E-state index contributed by atoms with van der Waals surface area (Å²) in [5.74, 6) is -0.970. The van der Waals surface area contributed by atoms with Crippen molar-refractivity contribution in [1.29, 1.82) is 0 Å². The van der Waals surface area contributed by atoms with Gasteiger partial charge in [-0.25, -0.2) is 4.79 Å². The van der Waals surface area contributed by atoms with Crippen molar-refractivity contribution in [1.82, 2.24) is 0 Å². The summed E-state index contributed by atoms with van der Waals surface area (Å²) in [6.07, 6.45) is -0.829. The molecule has 0 aromatic heterocycles. The third kappa shape index (κ3) is 2.43. The summed E-state index contributed by atoms with van der Waals surface area (Å²) >= 11 is 0. The van der Waals surface area contributed by atoms with Crippen LogP contribution in [0.5, 0.6) is 0 Å². The number of likely N-dealkylation sites (N-methyl/N-ethyl adjacent to an activating group) is 1. The van der Waals surface area contributed by atoms with Crippen LogP contribution >= 0.6 is 0 Å². The molecule has 0 aliphatic rings. The van der Waals surface area contributed by atoms with Crippen LogP contribution in [0, 0.1) is 0 Å². The van der Waals surface area contributed by atoms with E-state index in [-0.39, 0.29) is 4.48 Å². The van der Waals surface area contributed by atoms with Gasteiger partial charge >= 0.3 is 5.97 Å². The maximum absolute atomic E-state index is 10.2. The Morgan fingerprint density at radius 1 is 1.56 bits per heavy atom. The Morgan fingerprint density at radius 2 is 1.89 bits per heavy atom. The summed E-state index contributed by atoms with van der Waals surface area (Å²) in [7, 11) is 5.20. The van der Waals surface area contributed by atoms with Gasteiger partial charge in [0.15, 0.2) is 0 Å². The SMILES string of the molecule is C[N+](C)(C)C(N)C(=O)O. The van der Waals surface area contributed by atoms with Gasteiger partial charge in [0.2, 0.25) is 6.17 Å². The highest BCUT2D eigenvalue weighted by molar-refractivity contribution is 5.71. The molecule has 0 rings (SSSR count). The quantitative estimate of drug-likeness (QED) is 0.377. The topological polar surface area (TPSA) is 63.3 Å². The molecule has 1 atom stereocenters. The van der Waals surface area contributed by atoms with E-state index in [9.17, 15) is 4.79 Å². The van der Waals surface area contributed by atoms with Crippen LogP contribution in [-0.2, 0) is 4.79 Å². The largest absolute Gasteiger partial charge is 0.476 e. The van der Waals surface area contributed by atoms with Crippen molar-refractivity contribution in [2.75, 3.05) is 21.1 Å². The van der Waals surface area contributed by atoms with Gasteiger partial charge in [-0.05, 0) is 0 Å². The highest BCUT2D eigenvalue weighted by atomic mass is 16.4. The predicted octanol–water partition coefficient (Wildman–Crippen LogP) is -0.938. The Labute approximate surface area is 54.5 Å². The molecule has 4 heteroatoms. The fourth-order valence-electron chi connectivity index (χ4n) is 0.331. The first-order valence-electron chi connectivity index (χ1n) is 2.65. The highest BCUT2D eigenvalue weighted by Gasteiger charge is 2.25. The van der Waals surface area contributed by atoms with E-state index in [0.29, 0.717) is 0 Å². The summed E-state index contributed by atoms with van der Waals surface area (Å²) in [5, 5.41) is 8.38. The summed E-state index contributed by atoms with van der Waals surface area (Å²) in [4.78, 5) is 10.2. The van der Waals surface area contributed by atoms with E-state index in [2.05, 4.69) is 0 Å². The third-order valence-electron chi connectivity index (χ3n) is 1.09. The molecule has 54 valence electrons. The molecule has 0 amide bonds. The number of carboxylic acids is 1. The lowest BCUT2D eigenvalue weighted by molar-refractivity contribution is -0.887. The summed E-state index contributed by atoms with van der Waals surface area (Å²) in [6.45, 7) is 0. The van der Waals surface area contributed by atoms with Crippen molar-refractivity contribution in [2.24, 2.45) is 5.73 Å². The number of carboxylic acid groups (broad SMARTS) is 1. The van der Waals surface area contributed by atoms with E-state index >= 15 is 0 Å². The summed E-state index contributed by atoms with van der Waals surface area (Å²) in [6, 6.07) is 0. The molecule has 1 unspecified atom stereocenters. The van der Waals surface area contributed by atoms with E-state index in [4.69, 9.17) is 10.8 Å². The molecule has 0 fully saturated rings. The smallest absolute Gasteiger partial charge is 0.378 e. The monoisotopic (exact) mass is 133 g/mol. The van der Waals surface area contributed by atoms with Gasteiger partial charge in [-0.15, -0.1) is 0 Å². The predicted molar refractivity (Wildman–Crippen MR) is 33.6 cm³/mol. The number of nitrogens with zero attached hydrogens (tertiary/aromatic N) is 1. The first-order chi connectivity index (χ1) is 3.85. The molecule has 9 heavy (non-hydrogen) atoms. The second-order valence-electron chi connectivity index (χ2n) is 2.90. The lowest BCUT2D eigenvalue weighted by Crippen LogP contribution is -2.55. The minimum Gasteiger partial charge on any atom is -0.476 e. The van der Waals surface area contributed by atoms with Gasteiger partial charge < -0.3 is 9.59 Å². The molecule has 0 bridgehead atoms. The fourth-order valence-corrected chi connectivity index (χ4v) is 0.331. The summed E-state index contributed by atoms with van der Waals surface area (Å²) < 4.78 is 0.245. The lowest BCUT2D eigenvalue weighted by Gasteiger charge is -2.27. The van der Waals surface area contributed by atoms with Gasteiger partial charge in [0.05, 0.1) is 21.1 Å². The molecular weight excluding hydrogens is 120 g/mol. The number of carbonyl (C=O) groups is 1. The highest BCUT2D eigenvalue weighted by Crippen LogP contribution is 1.94. The minimum atomic E-state index is -0.970. The number of hydrogen-bond acceptors (Lipinski definition) is 2. The average Bonchev–Trinajstić information content (AvgIpc) is 1.62. The molecule has 0 saturated heterocycles. The van der Waals surface area contributed by atoms with Gasteiger partial charge in [0.25, 0.3) is 0 Å². The summed E-state index contributed by atoms with van der Waals surface area (Å²) in [5.41, 5.74) is 5.27. The molecule has 3 N–H and O–H groups in total. The second-order valence-corrected chi connectivity index (χ2v) is 2.90. The van der Waals surface area contributed by atoms with Gasteiger partial charge in [0, 0.05) is 0 Å². The third-order valence-corrected chi connectivity index (χ3v) is 1.09. The molecule has 0 heterocycles. The normalized spacial score (nSPS) is 15.1. The number of nitrogens with two attached hydrogens (primary N) is 1. The second kappa shape index (κ2) is 2.33. The van der Waals surface area contributed by atoms with Crippen molar-refractivity contribution in [2.45, 2.75) is 6.17 Å². The first kappa shape index (κ1) is 8.39. The van der Waals surface area contributed by atoms with Gasteiger partial charge in [0.1, 0.15) is 0 Å². The Kier molecular flexibility index (Phi) is 2.17. The van der Waals surface area contributed by atoms with Crippen molar-refractivity contribution in [3.05, 3.63) is 0 Å². The van der Waals surface area contributed by atoms with Gasteiger partial charge in [-0.3, -0.25) is 5.73 Å². The van der Waals surface area contributed by atoms with Crippen LogP contribution in [0.15, 0.2) is 0 Å². The number of hydrogen-bond donors (Lipinski definition) is 2. The zero-order chi connectivity index (χ0) is 7.65. The van der Waals surface area contributed by atoms with Crippen molar-refractivity contribution in [3.8, 4) is 0 Å². The molecule has 0 aliphatic heterocycles. The molecule has 0 radical (unpaired) electrons. The van der Waals surface area contributed by atoms with E-state index in [1.54, 1.807) is 21.1 Å². The number of aliphatic carboxylic acids is 1. The molecule has 4 nitrogen and oxygen atoms in total. The first-order valence-corrected chi connectivity index (χ1v) is 2.65. The van der Waals surface area contributed by atoms with Crippen LogP contribution in [0.3, 0.4) is 0 Å². The Hall–Kier alpha value is -0.610. The number of rotatable bonds is 2. The molecule has 0 aromatic rings. The molecule has 0 aliphatic carbocycles. The molecule has 0 spiro atoms. The Morgan fingerprint density at radius 3 is 1.89 bits per heavy atom. The maximum atomic E-state index is 10.2. The van der Waals surface area contributed by atoms with Crippen LogP contribution in [0.1, 0.15) is 0 Å². The van der Waals surface area contributed by atoms with Crippen LogP contribution in [0.4, 0.5) is 0 Å². The lowest BCUT2D eigenvalue weighted by atomic mass is 10.4. The van der Waals surface area contributed by atoms with E-state index < -0.39 is 12.1 Å². The van der Waals surface area contributed by atoms with Crippen molar-refractivity contribution in [3.63, 3.8) is 0 Å². The number of quaternary nitrogens is 1. The van der Waals surface area contributed by atoms with E-state index in [0.717, 1.165) is 0 Å². The van der Waals surface area contributed by atoms with E-state index in [1.807, 2.05) is 0 Å². The van der Waals surface area contributed by atoms with E-state index in [1.165, 1.54) is 0 Å². The molecule has 0 saturated carbocycles. The minimum absolute atomic E-state index is 0.245. The van der Waals surface area contributed by atoms with Crippen LogP contribution in [0.2, 0.25) is 0 Å². The zero-order valence-electron chi connectivity index (χ0n) is 5.96.